The van der Waals surface area contributed by atoms with E-state index in [1.165, 1.54) is 0 Å². The van der Waals surface area contributed by atoms with E-state index in [0.29, 0.717) is 21.3 Å². The van der Waals surface area contributed by atoms with Crippen LogP contribution in [0, 0.1) is 0 Å². The lowest BCUT2D eigenvalue weighted by Gasteiger charge is -2.06. The van der Waals surface area contributed by atoms with E-state index in [-0.39, 0.29) is 11.8 Å². The first-order valence-electron chi connectivity index (χ1n) is 4.74. The molecule has 0 atom stereocenters. The third-order valence-corrected chi connectivity index (χ3v) is 2.76. The minimum atomic E-state index is 0.0133. The van der Waals surface area contributed by atoms with Crippen molar-refractivity contribution in [2.75, 3.05) is 18.6 Å². The zero-order chi connectivity index (χ0) is 13.7. The fourth-order valence-electron chi connectivity index (χ4n) is 1.23. The highest BCUT2D eigenvalue weighted by Gasteiger charge is 2.12. The molecule has 2 rings (SSSR count). The van der Waals surface area contributed by atoms with Crippen LogP contribution in [0.2, 0.25) is 10.0 Å². The van der Waals surface area contributed by atoms with E-state index in [1.807, 2.05) is 0 Å². The number of aliphatic hydroxyl groups excluding tert-OH is 1. The van der Waals surface area contributed by atoms with Gasteiger partial charge in [-0.2, -0.15) is 4.98 Å². The quantitative estimate of drug-likeness (QED) is 0.735. The Labute approximate surface area is 114 Å². The summed E-state index contributed by atoms with van der Waals surface area (Å²) in [5, 5.41) is 15.2. The molecule has 0 saturated heterocycles. The number of nitrogen functional groups attached to an aromatic ring is 2. The van der Waals surface area contributed by atoms with Crippen molar-refractivity contribution in [3.8, 4) is 11.3 Å². The number of nitrogens with two attached hydrogens (primary N) is 2. The van der Waals surface area contributed by atoms with Gasteiger partial charge in [-0.25, -0.2) is 0 Å². The van der Waals surface area contributed by atoms with Gasteiger partial charge in [0.05, 0.1) is 10.0 Å². The fourth-order valence-corrected chi connectivity index (χ4v) is 1.62. The Morgan fingerprint density at radius 1 is 1.11 bits per heavy atom. The van der Waals surface area contributed by atoms with Crippen LogP contribution in [-0.4, -0.2) is 27.4 Å². The van der Waals surface area contributed by atoms with Crippen LogP contribution < -0.4 is 11.5 Å². The summed E-state index contributed by atoms with van der Waals surface area (Å²) in [7, 11) is 1.00. The van der Waals surface area contributed by atoms with Gasteiger partial charge in [0.2, 0.25) is 5.95 Å². The molecule has 0 aliphatic carbocycles. The molecule has 5 N–H and O–H groups in total. The van der Waals surface area contributed by atoms with Gasteiger partial charge in [-0.05, 0) is 6.07 Å². The molecular weight excluding hydrogens is 277 g/mol. The van der Waals surface area contributed by atoms with Crippen molar-refractivity contribution in [3.63, 3.8) is 0 Å². The Morgan fingerprint density at radius 3 is 2.39 bits per heavy atom. The smallest absolute Gasteiger partial charge is 0.242 e. The lowest BCUT2D eigenvalue weighted by molar-refractivity contribution is 0.399. The molecule has 0 aliphatic heterocycles. The molecule has 2 aromatic rings. The molecule has 0 spiro atoms. The first kappa shape index (κ1) is 14.4. The first-order valence-corrected chi connectivity index (χ1v) is 5.50. The first-order chi connectivity index (χ1) is 8.59. The summed E-state index contributed by atoms with van der Waals surface area (Å²) in [6, 6.07) is 5.13. The Balaban J connectivity index is 0.000000771. The van der Waals surface area contributed by atoms with Crippen molar-refractivity contribution in [2.45, 2.75) is 0 Å². The van der Waals surface area contributed by atoms with Crippen molar-refractivity contribution >= 4 is 35.0 Å². The van der Waals surface area contributed by atoms with E-state index in [2.05, 4.69) is 15.2 Å². The van der Waals surface area contributed by atoms with Gasteiger partial charge >= 0.3 is 0 Å². The van der Waals surface area contributed by atoms with Crippen molar-refractivity contribution in [1.29, 1.82) is 0 Å². The predicted octanol–water partition coefficient (Wildman–Crippen LogP) is 1.62. The molecular formula is C10H11Cl2N5O. The summed E-state index contributed by atoms with van der Waals surface area (Å²) in [6.45, 7) is 0. The van der Waals surface area contributed by atoms with Gasteiger partial charge in [0.1, 0.15) is 5.69 Å². The van der Waals surface area contributed by atoms with Crippen LogP contribution in [0.5, 0.6) is 0 Å². The molecule has 0 radical (unpaired) electrons. The van der Waals surface area contributed by atoms with Gasteiger partial charge in [0, 0.05) is 12.7 Å². The molecule has 0 fully saturated rings. The number of benzene rings is 1. The number of halogens is 2. The number of hydrogen-bond acceptors (Lipinski definition) is 6. The molecule has 96 valence electrons. The van der Waals surface area contributed by atoms with Crippen LogP contribution in [0.4, 0.5) is 11.8 Å². The molecule has 1 heterocycles. The average molecular weight is 288 g/mol. The van der Waals surface area contributed by atoms with E-state index >= 15 is 0 Å². The van der Waals surface area contributed by atoms with Crippen molar-refractivity contribution < 1.29 is 5.11 Å². The standard InChI is InChI=1S/C9H7Cl2N5.CH4O/c10-5-3-1-2-4(6(5)11)7-8(12)14-9(13)16-15-7;1-2/h1-3H,(H4,12,13,14,16);2H,1H3. The minimum Gasteiger partial charge on any atom is -0.400 e. The van der Waals surface area contributed by atoms with E-state index < -0.39 is 0 Å². The zero-order valence-electron chi connectivity index (χ0n) is 9.43. The Kier molecular flexibility index (Phi) is 5.08. The van der Waals surface area contributed by atoms with Crippen molar-refractivity contribution in [3.05, 3.63) is 28.2 Å². The molecule has 1 aromatic heterocycles. The Morgan fingerprint density at radius 2 is 1.78 bits per heavy atom. The maximum Gasteiger partial charge on any atom is 0.242 e. The monoisotopic (exact) mass is 287 g/mol. The molecule has 0 aliphatic rings. The lowest BCUT2D eigenvalue weighted by atomic mass is 10.1. The third kappa shape index (κ3) is 2.98. The van der Waals surface area contributed by atoms with Crippen LogP contribution in [0.1, 0.15) is 0 Å². The summed E-state index contributed by atoms with van der Waals surface area (Å²) < 4.78 is 0. The second-order valence-corrected chi connectivity index (χ2v) is 3.79. The number of hydrogen-bond donors (Lipinski definition) is 3. The average Bonchev–Trinajstić information content (AvgIpc) is 2.36. The Hall–Kier alpha value is -1.63. The molecule has 1 aromatic carbocycles. The highest BCUT2D eigenvalue weighted by Crippen LogP contribution is 2.33. The van der Waals surface area contributed by atoms with Crippen LogP contribution in [-0.2, 0) is 0 Å². The van der Waals surface area contributed by atoms with Crippen LogP contribution in [0.25, 0.3) is 11.3 Å². The largest absolute Gasteiger partial charge is 0.400 e. The van der Waals surface area contributed by atoms with E-state index in [0.717, 1.165) is 7.11 Å². The van der Waals surface area contributed by atoms with Gasteiger partial charge in [-0.3, -0.25) is 0 Å². The highest BCUT2D eigenvalue weighted by atomic mass is 35.5. The summed E-state index contributed by atoms with van der Waals surface area (Å²) in [5.74, 6) is 0.177. The number of nitrogens with zero attached hydrogens (tertiary/aromatic N) is 3. The molecule has 18 heavy (non-hydrogen) atoms. The van der Waals surface area contributed by atoms with E-state index in [9.17, 15) is 0 Å². The molecule has 6 nitrogen and oxygen atoms in total. The van der Waals surface area contributed by atoms with Gasteiger partial charge in [-0.15, -0.1) is 10.2 Å². The number of rotatable bonds is 1. The minimum absolute atomic E-state index is 0.0133. The third-order valence-electron chi connectivity index (χ3n) is 1.94. The summed E-state index contributed by atoms with van der Waals surface area (Å²) in [5.41, 5.74) is 12.0. The van der Waals surface area contributed by atoms with Gasteiger partial charge < -0.3 is 16.6 Å². The second-order valence-electron chi connectivity index (χ2n) is 3.01. The molecule has 0 unspecified atom stereocenters. The second kappa shape index (κ2) is 6.34. The number of aromatic nitrogens is 3. The van der Waals surface area contributed by atoms with Gasteiger partial charge in [0.25, 0.3) is 0 Å². The van der Waals surface area contributed by atoms with Crippen LogP contribution in [0.3, 0.4) is 0 Å². The molecule has 0 bridgehead atoms. The van der Waals surface area contributed by atoms with Crippen LogP contribution >= 0.6 is 23.2 Å². The topological polar surface area (TPSA) is 111 Å². The van der Waals surface area contributed by atoms with E-state index in [1.54, 1.807) is 18.2 Å². The molecule has 0 saturated carbocycles. The van der Waals surface area contributed by atoms with Crippen molar-refractivity contribution in [2.24, 2.45) is 0 Å². The predicted molar refractivity (Wildman–Crippen MR) is 72.3 cm³/mol. The summed E-state index contributed by atoms with van der Waals surface area (Å²) in [6.07, 6.45) is 0. The zero-order valence-corrected chi connectivity index (χ0v) is 10.9. The van der Waals surface area contributed by atoms with Crippen molar-refractivity contribution in [1.82, 2.24) is 15.2 Å². The fraction of sp³-hybridized carbons (Fsp3) is 0.100. The SMILES string of the molecule is CO.Nc1nnc(-c2cccc(Cl)c2Cl)c(N)n1. The molecule has 8 heteroatoms. The van der Waals surface area contributed by atoms with Gasteiger partial charge in [0.15, 0.2) is 5.82 Å². The highest BCUT2D eigenvalue weighted by molar-refractivity contribution is 6.43. The number of aliphatic hydroxyl groups is 1. The normalized spacial score (nSPS) is 9.56. The number of anilines is 2. The molecule has 0 amide bonds. The van der Waals surface area contributed by atoms with Crippen LogP contribution in [0.15, 0.2) is 18.2 Å². The summed E-state index contributed by atoms with van der Waals surface area (Å²) >= 11 is 11.9. The lowest BCUT2D eigenvalue weighted by Crippen LogP contribution is -2.04. The van der Waals surface area contributed by atoms with Gasteiger partial charge in [-0.1, -0.05) is 35.3 Å². The summed E-state index contributed by atoms with van der Waals surface area (Å²) in [4.78, 5) is 3.80. The Bertz CT molecular complexity index is 550. The van der Waals surface area contributed by atoms with E-state index in [4.69, 9.17) is 39.8 Å². The maximum atomic E-state index is 7.00. The maximum absolute atomic E-state index is 7.00.